The average Bonchev–Trinajstić information content (AvgIpc) is 2.86. The predicted molar refractivity (Wildman–Crippen MR) is 121 cm³/mol. The Balaban J connectivity index is 2.47. The van der Waals surface area contributed by atoms with Crippen LogP contribution >= 0.6 is 0 Å². The van der Waals surface area contributed by atoms with Gasteiger partial charge in [0.05, 0.1) is 48.6 Å². The third-order valence-electron chi connectivity index (χ3n) is 5.32. The molecule has 4 N–H and O–H groups in total. The molecule has 1 aliphatic heterocycles. The number of ether oxygens (including phenoxy) is 3. The molecule has 1 aliphatic rings. The number of alkyl halides is 3. The maximum Gasteiger partial charge on any atom is 0.573 e. The first kappa shape index (κ1) is 26.6. The fourth-order valence-electron chi connectivity index (χ4n) is 3.87. The lowest BCUT2D eigenvalue weighted by atomic mass is 9.80. The summed E-state index contributed by atoms with van der Waals surface area (Å²) >= 11 is 0. The molecule has 2 aromatic rings. The monoisotopic (exact) mass is 516 g/mol. The van der Waals surface area contributed by atoms with E-state index in [0.29, 0.717) is 5.56 Å². The highest BCUT2D eigenvalue weighted by molar-refractivity contribution is 6.08. The summed E-state index contributed by atoms with van der Waals surface area (Å²) in [6, 6.07) is 12.4. The van der Waals surface area contributed by atoms with E-state index in [0.717, 1.165) is 37.3 Å². The number of carbonyl (C=O) groups excluding carboxylic acids is 3. The second-order valence-electron chi connectivity index (χ2n) is 7.43. The highest BCUT2D eigenvalue weighted by atomic mass is 19.4. The first-order chi connectivity index (χ1) is 17.4. The smallest absolute Gasteiger partial charge is 0.466 e. The Morgan fingerprint density at radius 1 is 1.03 bits per heavy atom. The summed E-state index contributed by atoms with van der Waals surface area (Å²) in [6.07, 6.45) is -5.11. The van der Waals surface area contributed by atoms with Gasteiger partial charge in [0.25, 0.3) is 5.91 Å². The van der Waals surface area contributed by atoms with Gasteiger partial charge in [0.15, 0.2) is 0 Å². The van der Waals surface area contributed by atoms with Crippen molar-refractivity contribution in [2.24, 2.45) is 11.5 Å². The van der Waals surface area contributed by atoms with E-state index in [-0.39, 0.29) is 5.57 Å². The number of allylic oxidation sites excluding steroid dienone is 1. The fraction of sp³-hybridized carbons (Fsp3) is 0.167. The van der Waals surface area contributed by atoms with Crippen LogP contribution in [-0.2, 0) is 19.1 Å². The van der Waals surface area contributed by atoms with Gasteiger partial charge in [-0.25, -0.2) is 9.59 Å². The molecule has 0 spiro atoms. The van der Waals surface area contributed by atoms with E-state index >= 15 is 0 Å². The van der Waals surface area contributed by atoms with Crippen molar-refractivity contribution in [1.82, 2.24) is 0 Å². The molecule has 1 heterocycles. The number of amides is 1. The molecule has 37 heavy (non-hydrogen) atoms. The van der Waals surface area contributed by atoms with Crippen LogP contribution in [0.25, 0.3) is 0 Å². The van der Waals surface area contributed by atoms with Gasteiger partial charge in [-0.15, -0.1) is 13.2 Å². The summed E-state index contributed by atoms with van der Waals surface area (Å²) in [4.78, 5) is 39.1. The van der Waals surface area contributed by atoms with Gasteiger partial charge in [0.1, 0.15) is 17.3 Å². The van der Waals surface area contributed by atoms with Gasteiger partial charge >= 0.3 is 18.3 Å². The van der Waals surface area contributed by atoms with Crippen LogP contribution in [0.3, 0.4) is 0 Å². The Morgan fingerprint density at radius 2 is 1.65 bits per heavy atom. The SMILES string of the molecule is COC(=O)C1=C(C(=O)OC)N(c2cc(OC(F)(F)F)ccc2C(N)=O)C(N)=C(C#N)C1c1ccccc1. The molecule has 13 heteroatoms. The number of anilines is 1. The Hall–Kier alpha value is -4.99. The van der Waals surface area contributed by atoms with Gasteiger partial charge in [0, 0.05) is 6.07 Å². The normalized spacial score (nSPS) is 15.7. The number of nitrogens with two attached hydrogens (primary N) is 2. The molecule has 0 aliphatic carbocycles. The highest BCUT2D eigenvalue weighted by Crippen LogP contribution is 2.44. The number of primary amides is 1. The molecule has 192 valence electrons. The van der Waals surface area contributed by atoms with E-state index in [1.807, 2.05) is 6.07 Å². The summed E-state index contributed by atoms with van der Waals surface area (Å²) in [6.45, 7) is 0. The molecule has 0 saturated heterocycles. The summed E-state index contributed by atoms with van der Waals surface area (Å²) in [5, 5.41) is 10.0. The molecule has 1 unspecified atom stereocenters. The van der Waals surface area contributed by atoms with Crippen molar-refractivity contribution in [1.29, 1.82) is 5.26 Å². The lowest BCUT2D eigenvalue weighted by Gasteiger charge is -2.36. The van der Waals surface area contributed by atoms with Crippen molar-refractivity contribution < 1.29 is 41.8 Å². The van der Waals surface area contributed by atoms with E-state index < -0.39 is 64.2 Å². The van der Waals surface area contributed by atoms with Gasteiger partial charge in [-0.2, -0.15) is 5.26 Å². The standard InChI is InChI=1S/C24H19F3N4O6/c1-35-22(33)18-17(12-6-4-3-5-7-12)15(11-28)20(29)31(19(18)23(34)36-2)16-10-13(37-24(25,26)27)8-9-14(16)21(30)32/h3-10,17H,29H2,1-2H3,(H2,30,32). The quantitative estimate of drug-likeness (QED) is 0.551. The van der Waals surface area contributed by atoms with Crippen LogP contribution in [-0.4, -0.2) is 38.4 Å². The van der Waals surface area contributed by atoms with Gasteiger partial charge < -0.3 is 25.7 Å². The number of carbonyl (C=O) groups is 3. The van der Waals surface area contributed by atoms with Gasteiger partial charge in [-0.3, -0.25) is 9.69 Å². The highest BCUT2D eigenvalue weighted by Gasteiger charge is 2.44. The van der Waals surface area contributed by atoms with Crippen molar-refractivity contribution in [3.63, 3.8) is 0 Å². The summed E-state index contributed by atoms with van der Waals surface area (Å²) in [5.74, 6) is -5.85. The molecular weight excluding hydrogens is 497 g/mol. The third-order valence-corrected chi connectivity index (χ3v) is 5.32. The molecule has 1 amide bonds. The Morgan fingerprint density at radius 3 is 2.16 bits per heavy atom. The third kappa shape index (κ3) is 5.18. The van der Waals surface area contributed by atoms with Gasteiger partial charge in [-0.05, 0) is 17.7 Å². The predicted octanol–water partition coefficient (Wildman–Crippen LogP) is 2.58. The number of rotatable bonds is 6. The second-order valence-corrected chi connectivity index (χ2v) is 7.43. The number of nitriles is 1. The number of benzene rings is 2. The minimum atomic E-state index is -5.11. The maximum absolute atomic E-state index is 13.1. The fourth-order valence-corrected chi connectivity index (χ4v) is 3.87. The zero-order valence-electron chi connectivity index (χ0n) is 19.3. The Bertz CT molecular complexity index is 1360. The van der Waals surface area contributed by atoms with E-state index in [1.165, 1.54) is 0 Å². The molecule has 3 rings (SSSR count). The number of halogens is 3. The van der Waals surface area contributed by atoms with Crippen LogP contribution in [0.4, 0.5) is 18.9 Å². The van der Waals surface area contributed by atoms with Crippen LogP contribution in [0.1, 0.15) is 21.8 Å². The van der Waals surface area contributed by atoms with Crippen molar-refractivity contribution in [3.8, 4) is 11.8 Å². The van der Waals surface area contributed by atoms with Crippen molar-refractivity contribution in [2.75, 3.05) is 19.1 Å². The largest absolute Gasteiger partial charge is 0.573 e. The minimum absolute atomic E-state index is 0.267. The number of esters is 2. The van der Waals surface area contributed by atoms with Crippen LogP contribution in [0.5, 0.6) is 5.75 Å². The number of hydrogen-bond acceptors (Lipinski definition) is 9. The molecule has 0 radical (unpaired) electrons. The van der Waals surface area contributed by atoms with E-state index in [2.05, 4.69) is 4.74 Å². The van der Waals surface area contributed by atoms with Crippen LogP contribution < -0.4 is 21.1 Å². The zero-order chi connectivity index (χ0) is 27.5. The molecule has 0 saturated carbocycles. The summed E-state index contributed by atoms with van der Waals surface area (Å²) in [5.41, 5.74) is 9.93. The second kappa shape index (κ2) is 10.3. The molecular formula is C24H19F3N4O6. The van der Waals surface area contributed by atoms with Gasteiger partial charge in [-0.1, -0.05) is 30.3 Å². The lowest BCUT2D eigenvalue weighted by molar-refractivity contribution is -0.274. The first-order valence-electron chi connectivity index (χ1n) is 10.3. The maximum atomic E-state index is 13.1. The van der Waals surface area contributed by atoms with Crippen LogP contribution in [0, 0.1) is 11.3 Å². The van der Waals surface area contributed by atoms with E-state index in [4.69, 9.17) is 20.9 Å². The first-order valence-corrected chi connectivity index (χ1v) is 10.3. The van der Waals surface area contributed by atoms with Crippen molar-refractivity contribution in [3.05, 3.63) is 82.3 Å². The zero-order valence-corrected chi connectivity index (χ0v) is 19.3. The Kier molecular flexibility index (Phi) is 7.43. The molecule has 0 fully saturated rings. The minimum Gasteiger partial charge on any atom is -0.466 e. The number of methoxy groups -OCH3 is 2. The molecule has 0 bridgehead atoms. The van der Waals surface area contributed by atoms with Crippen LogP contribution in [0.2, 0.25) is 0 Å². The summed E-state index contributed by atoms with van der Waals surface area (Å²) < 4.78 is 52.5. The van der Waals surface area contributed by atoms with Crippen molar-refractivity contribution >= 4 is 23.5 Å². The average molecular weight is 516 g/mol. The summed E-state index contributed by atoms with van der Waals surface area (Å²) in [7, 11) is 2.01. The Labute approximate surface area is 208 Å². The molecule has 0 aromatic heterocycles. The molecule has 1 atom stereocenters. The van der Waals surface area contributed by atoms with Gasteiger partial charge in [0.2, 0.25) is 0 Å². The van der Waals surface area contributed by atoms with E-state index in [9.17, 15) is 32.8 Å². The van der Waals surface area contributed by atoms with Crippen molar-refractivity contribution in [2.45, 2.75) is 12.3 Å². The lowest BCUT2D eigenvalue weighted by Crippen LogP contribution is -2.41. The molecule has 2 aromatic carbocycles. The van der Waals surface area contributed by atoms with E-state index in [1.54, 1.807) is 30.3 Å². The number of nitrogens with zero attached hydrogens (tertiary/aromatic N) is 2. The number of hydrogen-bond donors (Lipinski definition) is 2. The van der Waals surface area contributed by atoms with Crippen LogP contribution in [0.15, 0.2) is 71.2 Å². The molecule has 10 nitrogen and oxygen atoms in total. The topological polar surface area (TPSA) is 158 Å².